The highest BCUT2D eigenvalue weighted by molar-refractivity contribution is 6.09. The Morgan fingerprint density at radius 3 is 2.47 bits per heavy atom. The molecule has 1 aromatic carbocycles. The fourth-order valence-corrected chi connectivity index (χ4v) is 2.00. The van der Waals surface area contributed by atoms with Gasteiger partial charge in [0.15, 0.2) is 5.78 Å². The van der Waals surface area contributed by atoms with Crippen LogP contribution in [-0.4, -0.2) is 23.3 Å². The number of Topliss-reactive ketones (excluding diaryl/α,β-unsaturated/α-hetero) is 1. The molecule has 0 aliphatic heterocycles. The molecule has 0 amide bonds. The van der Waals surface area contributed by atoms with E-state index in [1.165, 1.54) is 6.92 Å². The Bertz CT molecular complexity index is 599. The molecule has 0 bridgehead atoms. The number of H-pyrrole nitrogens is 1. The van der Waals surface area contributed by atoms with Crippen LogP contribution in [0.15, 0.2) is 36.5 Å². The number of esters is 1. The maximum atomic E-state index is 11.8. The van der Waals surface area contributed by atoms with Crippen molar-refractivity contribution in [2.24, 2.45) is 0 Å². The van der Waals surface area contributed by atoms with Crippen molar-refractivity contribution in [1.82, 2.24) is 4.98 Å². The topological polar surface area (TPSA) is 59.2 Å². The van der Waals surface area contributed by atoms with Crippen LogP contribution in [0.25, 0.3) is 11.1 Å². The fraction of sp³-hybridized carbons (Fsp3) is 0.200. The second-order valence-electron chi connectivity index (χ2n) is 4.10. The number of nitrogens with one attached hydrogen (secondary N) is 1. The van der Waals surface area contributed by atoms with Gasteiger partial charge < -0.3 is 9.72 Å². The summed E-state index contributed by atoms with van der Waals surface area (Å²) in [6.45, 7) is 3.45. The molecular formula is C15H15NO3. The molecule has 0 saturated carbocycles. The predicted octanol–water partition coefficient (Wildman–Crippen LogP) is 3.06. The molecule has 2 aromatic rings. The molecule has 0 fully saturated rings. The summed E-state index contributed by atoms with van der Waals surface area (Å²) >= 11 is 0. The number of benzene rings is 1. The van der Waals surface area contributed by atoms with E-state index in [1.54, 1.807) is 13.1 Å². The predicted molar refractivity (Wildman–Crippen MR) is 72.2 cm³/mol. The summed E-state index contributed by atoms with van der Waals surface area (Å²) in [7, 11) is 0. The highest BCUT2D eigenvalue weighted by Gasteiger charge is 2.22. The number of carbonyl (C=O) groups excluding carboxylic acids is 2. The molecule has 0 saturated heterocycles. The van der Waals surface area contributed by atoms with Crippen LogP contribution in [0.4, 0.5) is 0 Å². The van der Waals surface area contributed by atoms with E-state index in [-0.39, 0.29) is 18.1 Å². The monoisotopic (exact) mass is 257 g/mol. The van der Waals surface area contributed by atoms with Gasteiger partial charge in [0.05, 0.1) is 12.2 Å². The van der Waals surface area contributed by atoms with Gasteiger partial charge in [-0.05, 0) is 19.4 Å². The van der Waals surface area contributed by atoms with Crippen molar-refractivity contribution in [3.05, 3.63) is 47.8 Å². The summed E-state index contributed by atoms with van der Waals surface area (Å²) < 4.78 is 4.95. The van der Waals surface area contributed by atoms with Gasteiger partial charge in [-0.25, -0.2) is 4.79 Å². The smallest absolute Gasteiger partial charge is 0.355 e. The molecule has 1 N–H and O–H groups in total. The van der Waals surface area contributed by atoms with Crippen LogP contribution in [0.1, 0.15) is 34.7 Å². The number of hydrogen-bond acceptors (Lipinski definition) is 3. The lowest BCUT2D eigenvalue weighted by atomic mass is 10.0. The van der Waals surface area contributed by atoms with Gasteiger partial charge in [-0.2, -0.15) is 0 Å². The van der Waals surface area contributed by atoms with Crippen molar-refractivity contribution >= 4 is 11.8 Å². The summed E-state index contributed by atoms with van der Waals surface area (Å²) in [6.07, 6.45) is 1.66. The third-order valence-corrected chi connectivity index (χ3v) is 2.80. The van der Waals surface area contributed by atoms with E-state index in [1.807, 2.05) is 30.3 Å². The first-order valence-electron chi connectivity index (χ1n) is 6.10. The first-order valence-corrected chi connectivity index (χ1v) is 6.10. The Hall–Kier alpha value is -2.36. The summed E-state index contributed by atoms with van der Waals surface area (Å²) in [5.74, 6) is -0.668. The Morgan fingerprint density at radius 2 is 1.89 bits per heavy atom. The standard InChI is InChI=1S/C15H15NO3/c1-3-19-15(18)14-13(10(2)17)12(9-16-14)11-7-5-4-6-8-11/h4-9,16H,3H2,1-2H3. The summed E-state index contributed by atoms with van der Waals surface area (Å²) in [4.78, 5) is 26.5. The summed E-state index contributed by atoms with van der Waals surface area (Å²) in [5.41, 5.74) is 2.20. The van der Waals surface area contributed by atoms with Crippen molar-refractivity contribution in [2.75, 3.05) is 6.61 Å². The zero-order valence-electron chi connectivity index (χ0n) is 10.9. The SMILES string of the molecule is CCOC(=O)c1[nH]cc(-c2ccccc2)c1C(C)=O. The molecule has 0 radical (unpaired) electrons. The molecule has 0 atom stereocenters. The number of carbonyl (C=O) groups is 2. The molecule has 0 aliphatic carbocycles. The van der Waals surface area contributed by atoms with E-state index in [0.717, 1.165) is 11.1 Å². The zero-order chi connectivity index (χ0) is 13.8. The third-order valence-electron chi connectivity index (χ3n) is 2.80. The van der Waals surface area contributed by atoms with Crippen LogP contribution in [0.2, 0.25) is 0 Å². The van der Waals surface area contributed by atoms with Gasteiger partial charge in [-0.1, -0.05) is 30.3 Å². The molecule has 0 spiro atoms. The van der Waals surface area contributed by atoms with Gasteiger partial charge in [0.25, 0.3) is 0 Å². The second-order valence-corrected chi connectivity index (χ2v) is 4.10. The maximum Gasteiger partial charge on any atom is 0.355 e. The van der Waals surface area contributed by atoms with Crippen LogP contribution >= 0.6 is 0 Å². The minimum atomic E-state index is -0.505. The number of ketones is 1. The highest BCUT2D eigenvalue weighted by atomic mass is 16.5. The molecule has 19 heavy (non-hydrogen) atoms. The van der Waals surface area contributed by atoms with Crippen LogP contribution in [0, 0.1) is 0 Å². The van der Waals surface area contributed by atoms with Gasteiger partial charge in [-0.3, -0.25) is 4.79 Å². The minimum absolute atomic E-state index is 0.164. The van der Waals surface area contributed by atoms with E-state index in [2.05, 4.69) is 4.98 Å². The number of ether oxygens (including phenoxy) is 1. The van der Waals surface area contributed by atoms with Crippen LogP contribution < -0.4 is 0 Å². The second kappa shape index (κ2) is 5.52. The molecule has 4 nitrogen and oxygen atoms in total. The Morgan fingerprint density at radius 1 is 1.21 bits per heavy atom. The quantitative estimate of drug-likeness (QED) is 0.676. The molecule has 1 aromatic heterocycles. The lowest BCUT2D eigenvalue weighted by Gasteiger charge is -2.04. The number of hydrogen-bond donors (Lipinski definition) is 1. The lowest BCUT2D eigenvalue weighted by molar-refractivity contribution is 0.0517. The average Bonchev–Trinajstić information content (AvgIpc) is 2.85. The van der Waals surface area contributed by atoms with E-state index in [9.17, 15) is 9.59 Å². The minimum Gasteiger partial charge on any atom is -0.461 e. The average molecular weight is 257 g/mol. The highest BCUT2D eigenvalue weighted by Crippen LogP contribution is 2.27. The first-order chi connectivity index (χ1) is 9.15. The van der Waals surface area contributed by atoms with Crippen molar-refractivity contribution in [3.63, 3.8) is 0 Å². The first kappa shape index (κ1) is 13.1. The Balaban J connectivity index is 2.52. The summed E-state index contributed by atoms with van der Waals surface area (Å²) in [5, 5.41) is 0. The van der Waals surface area contributed by atoms with Gasteiger partial charge in [-0.15, -0.1) is 0 Å². The summed E-state index contributed by atoms with van der Waals surface area (Å²) in [6, 6.07) is 9.46. The molecule has 4 heteroatoms. The Labute approximate surface area is 111 Å². The number of aromatic amines is 1. The molecular weight excluding hydrogens is 242 g/mol. The molecule has 98 valence electrons. The largest absolute Gasteiger partial charge is 0.461 e. The molecule has 0 unspecified atom stereocenters. The van der Waals surface area contributed by atoms with E-state index in [0.29, 0.717) is 5.56 Å². The maximum absolute atomic E-state index is 11.8. The van der Waals surface area contributed by atoms with Crippen LogP contribution in [0.3, 0.4) is 0 Å². The zero-order valence-corrected chi connectivity index (χ0v) is 10.9. The third kappa shape index (κ3) is 2.57. The molecule has 0 aliphatic rings. The van der Waals surface area contributed by atoms with Crippen molar-refractivity contribution in [2.45, 2.75) is 13.8 Å². The van der Waals surface area contributed by atoms with E-state index in [4.69, 9.17) is 4.74 Å². The van der Waals surface area contributed by atoms with Crippen LogP contribution in [0.5, 0.6) is 0 Å². The van der Waals surface area contributed by atoms with Crippen molar-refractivity contribution < 1.29 is 14.3 Å². The van der Waals surface area contributed by atoms with Crippen LogP contribution in [-0.2, 0) is 4.74 Å². The van der Waals surface area contributed by atoms with Gasteiger partial charge in [0.1, 0.15) is 5.69 Å². The van der Waals surface area contributed by atoms with Gasteiger partial charge in [0, 0.05) is 11.8 Å². The molecule has 1 heterocycles. The normalized spacial score (nSPS) is 10.2. The fourth-order valence-electron chi connectivity index (χ4n) is 2.00. The number of aromatic nitrogens is 1. The van der Waals surface area contributed by atoms with E-state index >= 15 is 0 Å². The van der Waals surface area contributed by atoms with Crippen molar-refractivity contribution in [1.29, 1.82) is 0 Å². The number of rotatable bonds is 4. The lowest BCUT2D eigenvalue weighted by Crippen LogP contribution is -2.10. The Kier molecular flexibility index (Phi) is 3.80. The van der Waals surface area contributed by atoms with Gasteiger partial charge in [0.2, 0.25) is 0 Å². The molecule has 2 rings (SSSR count). The van der Waals surface area contributed by atoms with Crippen molar-refractivity contribution in [3.8, 4) is 11.1 Å². The van der Waals surface area contributed by atoms with E-state index < -0.39 is 5.97 Å². The van der Waals surface area contributed by atoms with Gasteiger partial charge >= 0.3 is 5.97 Å².